The van der Waals surface area contributed by atoms with Crippen LogP contribution in [0.3, 0.4) is 0 Å². The van der Waals surface area contributed by atoms with Gasteiger partial charge in [0.15, 0.2) is 5.69 Å². The van der Waals surface area contributed by atoms with E-state index >= 15 is 0 Å². The molecule has 0 bridgehead atoms. The van der Waals surface area contributed by atoms with Gasteiger partial charge >= 0.3 is 0 Å². The van der Waals surface area contributed by atoms with Crippen molar-refractivity contribution in [1.82, 2.24) is 15.1 Å². The zero-order valence-electron chi connectivity index (χ0n) is 11.7. The summed E-state index contributed by atoms with van der Waals surface area (Å²) in [4.78, 5) is 28.3. The molecule has 0 unspecified atom stereocenters. The van der Waals surface area contributed by atoms with Crippen molar-refractivity contribution >= 4 is 11.4 Å². The van der Waals surface area contributed by atoms with Gasteiger partial charge in [-0.2, -0.15) is 4.98 Å². The van der Waals surface area contributed by atoms with E-state index in [4.69, 9.17) is 4.52 Å². The SMILES string of the molecule is O=[N+]([O-])c1ccc(O)c(-c2nc(-c3ncccc3[N+](=O)[O-])no2)c1. The fraction of sp³-hybridized carbons (Fsp3) is 0. The standard InChI is InChI=1S/C13H7N5O6/c19-10-4-3-7(17(20)21)6-8(10)13-15-12(16-24-13)11-9(18(22)23)2-1-5-14-11/h1-6,19H. The third kappa shape index (κ3) is 2.61. The molecule has 0 fully saturated rings. The topological polar surface area (TPSA) is 158 Å². The van der Waals surface area contributed by atoms with Crippen LogP contribution in [0.1, 0.15) is 0 Å². The Morgan fingerprint density at radius 3 is 2.62 bits per heavy atom. The molecular formula is C13H7N5O6. The first-order chi connectivity index (χ1) is 11.5. The van der Waals surface area contributed by atoms with Crippen molar-refractivity contribution in [2.24, 2.45) is 0 Å². The molecule has 11 nitrogen and oxygen atoms in total. The Hall–Kier alpha value is -3.89. The number of non-ortho nitro benzene ring substituents is 1. The number of nitro benzene ring substituents is 1. The lowest BCUT2D eigenvalue weighted by Crippen LogP contribution is -1.95. The van der Waals surface area contributed by atoms with Crippen LogP contribution in [0.2, 0.25) is 0 Å². The second-order valence-corrected chi connectivity index (χ2v) is 4.51. The minimum Gasteiger partial charge on any atom is -0.507 e. The maximum atomic E-state index is 11.0. The number of hydrogen-bond acceptors (Lipinski definition) is 9. The number of aromatic nitrogens is 3. The van der Waals surface area contributed by atoms with Crippen molar-refractivity contribution in [2.75, 3.05) is 0 Å². The molecule has 1 N–H and O–H groups in total. The Bertz CT molecular complexity index is 954. The number of hydrogen-bond donors (Lipinski definition) is 1. The second-order valence-electron chi connectivity index (χ2n) is 4.51. The summed E-state index contributed by atoms with van der Waals surface area (Å²) in [5.41, 5.74) is -0.802. The molecule has 3 aromatic rings. The van der Waals surface area contributed by atoms with E-state index in [2.05, 4.69) is 15.1 Å². The molecule has 0 radical (unpaired) electrons. The highest BCUT2D eigenvalue weighted by molar-refractivity contribution is 5.69. The minimum absolute atomic E-state index is 0.0680. The van der Waals surface area contributed by atoms with Gasteiger partial charge in [0, 0.05) is 24.4 Å². The van der Waals surface area contributed by atoms with Crippen LogP contribution in [0.5, 0.6) is 5.75 Å². The molecule has 0 aliphatic rings. The third-order valence-corrected chi connectivity index (χ3v) is 3.04. The molecule has 24 heavy (non-hydrogen) atoms. The van der Waals surface area contributed by atoms with Crippen LogP contribution in [0.15, 0.2) is 41.1 Å². The van der Waals surface area contributed by atoms with Gasteiger partial charge in [0.25, 0.3) is 17.3 Å². The zero-order chi connectivity index (χ0) is 17.3. The maximum absolute atomic E-state index is 11.0. The maximum Gasteiger partial charge on any atom is 0.298 e. The molecule has 0 aliphatic carbocycles. The first-order valence-corrected chi connectivity index (χ1v) is 6.38. The molecule has 0 saturated heterocycles. The number of nitro groups is 2. The number of nitrogens with zero attached hydrogens (tertiary/aromatic N) is 5. The molecule has 3 rings (SSSR count). The lowest BCUT2D eigenvalue weighted by atomic mass is 10.2. The Morgan fingerprint density at radius 2 is 1.92 bits per heavy atom. The quantitative estimate of drug-likeness (QED) is 0.559. The highest BCUT2D eigenvalue weighted by Gasteiger charge is 2.23. The number of rotatable bonds is 4. The summed E-state index contributed by atoms with van der Waals surface area (Å²) in [6, 6.07) is 5.89. The summed E-state index contributed by atoms with van der Waals surface area (Å²) in [7, 11) is 0. The van der Waals surface area contributed by atoms with Crippen LogP contribution in [0.4, 0.5) is 11.4 Å². The molecule has 2 heterocycles. The fourth-order valence-corrected chi connectivity index (χ4v) is 1.95. The van der Waals surface area contributed by atoms with E-state index in [-0.39, 0.29) is 40.1 Å². The number of phenols is 1. The van der Waals surface area contributed by atoms with Crippen LogP contribution in [0, 0.1) is 20.2 Å². The van der Waals surface area contributed by atoms with E-state index in [9.17, 15) is 25.3 Å². The van der Waals surface area contributed by atoms with Crippen molar-refractivity contribution in [3.05, 3.63) is 56.8 Å². The zero-order valence-corrected chi connectivity index (χ0v) is 11.7. The van der Waals surface area contributed by atoms with Crippen LogP contribution in [0.25, 0.3) is 23.0 Å². The van der Waals surface area contributed by atoms with Gasteiger partial charge in [-0.05, 0) is 12.1 Å². The normalized spacial score (nSPS) is 10.5. The number of benzene rings is 1. The van der Waals surface area contributed by atoms with Crippen molar-refractivity contribution in [2.45, 2.75) is 0 Å². The van der Waals surface area contributed by atoms with Gasteiger partial charge in [-0.15, -0.1) is 0 Å². The van der Waals surface area contributed by atoms with Crippen LogP contribution in [-0.4, -0.2) is 30.1 Å². The summed E-state index contributed by atoms with van der Waals surface area (Å²) < 4.78 is 4.95. The largest absolute Gasteiger partial charge is 0.507 e. The summed E-state index contributed by atoms with van der Waals surface area (Å²) in [6.07, 6.45) is 1.32. The predicted molar refractivity (Wildman–Crippen MR) is 77.9 cm³/mol. The number of pyridine rings is 1. The molecule has 0 saturated carbocycles. The van der Waals surface area contributed by atoms with Gasteiger partial charge in [0.2, 0.25) is 5.82 Å². The minimum atomic E-state index is -0.650. The van der Waals surface area contributed by atoms with E-state index in [0.29, 0.717) is 0 Å². The van der Waals surface area contributed by atoms with E-state index in [0.717, 1.165) is 18.2 Å². The molecule has 11 heteroatoms. The highest BCUT2D eigenvalue weighted by atomic mass is 16.6. The monoisotopic (exact) mass is 329 g/mol. The van der Waals surface area contributed by atoms with Crippen molar-refractivity contribution in [3.63, 3.8) is 0 Å². The Kier molecular flexibility index (Phi) is 3.58. The Morgan fingerprint density at radius 1 is 1.12 bits per heavy atom. The predicted octanol–water partition coefficient (Wildman–Crippen LogP) is 2.32. The molecule has 0 atom stereocenters. The summed E-state index contributed by atoms with van der Waals surface area (Å²) in [6.45, 7) is 0. The van der Waals surface area contributed by atoms with Crippen molar-refractivity contribution in [3.8, 4) is 28.7 Å². The molecular weight excluding hydrogens is 322 g/mol. The fourth-order valence-electron chi connectivity index (χ4n) is 1.95. The van der Waals surface area contributed by atoms with Gasteiger partial charge in [-0.25, -0.2) is 4.98 Å². The first-order valence-electron chi connectivity index (χ1n) is 6.38. The molecule has 0 spiro atoms. The Labute approximate surface area is 132 Å². The summed E-state index contributed by atoms with van der Waals surface area (Å²) in [5.74, 6) is -0.722. The summed E-state index contributed by atoms with van der Waals surface area (Å²) in [5, 5.41) is 35.2. The molecule has 120 valence electrons. The van der Waals surface area contributed by atoms with Crippen LogP contribution >= 0.6 is 0 Å². The van der Waals surface area contributed by atoms with E-state index < -0.39 is 9.85 Å². The van der Waals surface area contributed by atoms with Gasteiger partial charge in [-0.3, -0.25) is 20.2 Å². The number of phenolic OH excluding ortho intramolecular Hbond substituents is 1. The van der Waals surface area contributed by atoms with Gasteiger partial charge in [-0.1, -0.05) is 5.16 Å². The average molecular weight is 329 g/mol. The second kappa shape index (κ2) is 5.72. The molecule has 1 aromatic carbocycles. The lowest BCUT2D eigenvalue weighted by molar-refractivity contribution is -0.384. The molecule has 2 aromatic heterocycles. The van der Waals surface area contributed by atoms with Crippen molar-refractivity contribution < 1.29 is 19.5 Å². The Balaban J connectivity index is 2.08. The van der Waals surface area contributed by atoms with Crippen molar-refractivity contribution in [1.29, 1.82) is 0 Å². The van der Waals surface area contributed by atoms with Crippen LogP contribution < -0.4 is 0 Å². The van der Waals surface area contributed by atoms with Gasteiger partial charge in [0.1, 0.15) is 5.75 Å². The number of aromatic hydroxyl groups is 1. The molecule has 0 amide bonds. The van der Waals surface area contributed by atoms with Gasteiger partial charge in [0.05, 0.1) is 15.4 Å². The highest BCUT2D eigenvalue weighted by Crippen LogP contribution is 2.33. The molecule has 0 aliphatic heterocycles. The van der Waals surface area contributed by atoms with E-state index in [1.807, 2.05) is 0 Å². The van der Waals surface area contributed by atoms with E-state index in [1.165, 1.54) is 18.3 Å². The smallest absolute Gasteiger partial charge is 0.298 e. The van der Waals surface area contributed by atoms with E-state index in [1.54, 1.807) is 0 Å². The van der Waals surface area contributed by atoms with Crippen LogP contribution in [-0.2, 0) is 0 Å². The first kappa shape index (κ1) is 15.0. The third-order valence-electron chi connectivity index (χ3n) is 3.04. The van der Waals surface area contributed by atoms with Gasteiger partial charge < -0.3 is 9.63 Å². The summed E-state index contributed by atoms with van der Waals surface area (Å²) >= 11 is 0. The lowest BCUT2D eigenvalue weighted by Gasteiger charge is -1.98. The average Bonchev–Trinajstić information content (AvgIpc) is 3.04.